The fourth-order valence-electron chi connectivity index (χ4n) is 3.43. The minimum Gasteiger partial charge on any atom is -0.327 e. The van der Waals surface area contributed by atoms with E-state index in [1.165, 1.54) is 0 Å². The Morgan fingerprint density at radius 1 is 1.28 bits per heavy atom. The lowest BCUT2D eigenvalue weighted by molar-refractivity contribution is -0.143. The van der Waals surface area contributed by atoms with Gasteiger partial charge in [0.05, 0.1) is 23.1 Å². The maximum atomic E-state index is 12.7. The van der Waals surface area contributed by atoms with Gasteiger partial charge in [-0.15, -0.1) is 0 Å². The van der Waals surface area contributed by atoms with Crippen LogP contribution in [0, 0.1) is 13.8 Å². The largest absolute Gasteiger partial charge is 0.327 e. The van der Waals surface area contributed by atoms with Gasteiger partial charge in [-0.05, 0) is 51.3 Å². The Kier molecular flexibility index (Phi) is 4.83. The van der Waals surface area contributed by atoms with Crippen molar-refractivity contribution in [3.05, 3.63) is 41.5 Å². The Hall–Kier alpha value is -2.70. The molecule has 25 heavy (non-hydrogen) atoms. The van der Waals surface area contributed by atoms with Crippen LogP contribution in [-0.4, -0.2) is 38.0 Å². The molecular weight excluding hydrogens is 318 g/mol. The quantitative estimate of drug-likeness (QED) is 0.868. The average Bonchev–Trinajstić information content (AvgIpc) is 3.22. The number of amides is 2. The molecule has 0 aromatic carbocycles. The predicted octanol–water partition coefficient (Wildman–Crippen LogP) is 2.22. The molecule has 1 N–H and O–H groups in total. The van der Waals surface area contributed by atoms with E-state index in [9.17, 15) is 9.59 Å². The highest BCUT2D eigenvalue weighted by atomic mass is 16.2. The van der Waals surface area contributed by atoms with Crippen LogP contribution in [-0.2, 0) is 16.1 Å². The predicted molar refractivity (Wildman–Crippen MR) is 93.9 cm³/mol. The average molecular weight is 341 g/mol. The molecule has 1 unspecified atom stereocenters. The van der Waals surface area contributed by atoms with Crippen LogP contribution in [0.25, 0.3) is 0 Å². The molecular formula is C18H23N5O2. The van der Waals surface area contributed by atoms with Crippen molar-refractivity contribution in [2.75, 3.05) is 11.9 Å². The molecule has 0 spiro atoms. The Balaban J connectivity index is 1.76. The van der Waals surface area contributed by atoms with E-state index in [0.29, 0.717) is 24.5 Å². The third-order valence-electron chi connectivity index (χ3n) is 4.72. The first kappa shape index (κ1) is 17.1. The summed E-state index contributed by atoms with van der Waals surface area (Å²) in [5.41, 5.74) is 3.21. The monoisotopic (exact) mass is 341 g/mol. The number of hydrogen-bond donors (Lipinski definition) is 1. The topological polar surface area (TPSA) is 80.1 Å². The van der Waals surface area contributed by atoms with Crippen molar-refractivity contribution in [2.45, 2.75) is 46.2 Å². The number of carbonyl (C=O) groups is 2. The zero-order chi connectivity index (χ0) is 18.0. The van der Waals surface area contributed by atoms with Crippen molar-refractivity contribution in [1.82, 2.24) is 19.7 Å². The molecule has 2 amide bonds. The summed E-state index contributed by atoms with van der Waals surface area (Å²) in [5, 5.41) is 7.13. The zero-order valence-corrected chi connectivity index (χ0v) is 14.8. The van der Waals surface area contributed by atoms with Gasteiger partial charge in [0.15, 0.2) is 0 Å². The molecule has 2 aromatic rings. The second-order valence-corrected chi connectivity index (χ2v) is 6.25. The van der Waals surface area contributed by atoms with Gasteiger partial charge in [-0.1, -0.05) is 0 Å². The minimum absolute atomic E-state index is 0.0678. The summed E-state index contributed by atoms with van der Waals surface area (Å²) in [6.45, 7) is 7.01. The van der Waals surface area contributed by atoms with Crippen molar-refractivity contribution < 1.29 is 9.59 Å². The molecule has 2 aromatic heterocycles. The van der Waals surface area contributed by atoms with Crippen LogP contribution in [0.3, 0.4) is 0 Å². The summed E-state index contributed by atoms with van der Waals surface area (Å²) in [6.07, 6.45) is 5.16. The molecule has 0 bridgehead atoms. The van der Waals surface area contributed by atoms with Crippen molar-refractivity contribution in [2.24, 2.45) is 0 Å². The highest BCUT2D eigenvalue weighted by molar-refractivity contribution is 6.39. The van der Waals surface area contributed by atoms with Crippen LogP contribution in [0.5, 0.6) is 0 Å². The molecule has 0 radical (unpaired) electrons. The normalized spacial score (nSPS) is 16.9. The highest BCUT2D eigenvalue weighted by Gasteiger charge is 2.34. The molecule has 7 heteroatoms. The van der Waals surface area contributed by atoms with Gasteiger partial charge in [0.25, 0.3) is 0 Å². The van der Waals surface area contributed by atoms with Gasteiger partial charge in [0, 0.05) is 25.5 Å². The van der Waals surface area contributed by atoms with Crippen LogP contribution >= 0.6 is 0 Å². The molecule has 1 saturated heterocycles. The lowest BCUT2D eigenvalue weighted by atomic mass is 10.1. The summed E-state index contributed by atoms with van der Waals surface area (Å²) in [5.74, 6) is -1.11. The first-order valence-electron chi connectivity index (χ1n) is 8.58. The van der Waals surface area contributed by atoms with Gasteiger partial charge >= 0.3 is 11.8 Å². The van der Waals surface area contributed by atoms with Crippen molar-refractivity contribution in [3.8, 4) is 0 Å². The van der Waals surface area contributed by atoms with Crippen LogP contribution < -0.4 is 5.32 Å². The number of likely N-dealkylation sites (tertiary alicyclic amines) is 1. The van der Waals surface area contributed by atoms with E-state index in [1.54, 1.807) is 17.3 Å². The van der Waals surface area contributed by atoms with E-state index in [2.05, 4.69) is 15.4 Å². The van der Waals surface area contributed by atoms with Crippen LogP contribution in [0.1, 0.15) is 42.8 Å². The molecule has 7 nitrogen and oxygen atoms in total. The molecule has 3 rings (SSSR count). The van der Waals surface area contributed by atoms with Crippen LogP contribution in [0.15, 0.2) is 24.5 Å². The maximum Gasteiger partial charge on any atom is 0.314 e. The number of nitrogens with zero attached hydrogens (tertiary/aromatic N) is 4. The van der Waals surface area contributed by atoms with Gasteiger partial charge in [-0.25, -0.2) is 0 Å². The molecule has 3 heterocycles. The third kappa shape index (κ3) is 3.26. The standard InChI is InChI=1S/C18H23N5O2/c1-4-23-13(3)16(12(2)21-23)20-17(24)18(25)22-11-5-6-15(22)14-7-9-19-10-8-14/h7-10,15H,4-6,11H2,1-3H3,(H,20,24). The number of pyridine rings is 1. The van der Waals surface area contributed by atoms with Crippen LogP contribution in [0.4, 0.5) is 5.69 Å². The molecule has 1 fully saturated rings. The van der Waals surface area contributed by atoms with E-state index in [4.69, 9.17) is 0 Å². The number of hydrogen-bond acceptors (Lipinski definition) is 4. The SMILES string of the molecule is CCn1nc(C)c(NC(=O)C(=O)N2CCCC2c2ccncc2)c1C. The lowest BCUT2D eigenvalue weighted by Crippen LogP contribution is -2.39. The van der Waals surface area contributed by atoms with Gasteiger partial charge in [-0.3, -0.25) is 19.3 Å². The number of anilines is 1. The van der Waals surface area contributed by atoms with Crippen molar-refractivity contribution in [1.29, 1.82) is 0 Å². The maximum absolute atomic E-state index is 12.7. The number of nitrogens with one attached hydrogen (secondary N) is 1. The van der Waals surface area contributed by atoms with E-state index in [-0.39, 0.29) is 6.04 Å². The fraction of sp³-hybridized carbons (Fsp3) is 0.444. The van der Waals surface area contributed by atoms with Crippen molar-refractivity contribution in [3.63, 3.8) is 0 Å². The van der Waals surface area contributed by atoms with Crippen molar-refractivity contribution >= 4 is 17.5 Å². The molecule has 1 atom stereocenters. The first-order chi connectivity index (χ1) is 12.0. The van der Waals surface area contributed by atoms with Gasteiger partial charge < -0.3 is 10.2 Å². The number of aromatic nitrogens is 3. The Morgan fingerprint density at radius 3 is 2.64 bits per heavy atom. The summed E-state index contributed by atoms with van der Waals surface area (Å²) < 4.78 is 1.81. The summed E-state index contributed by atoms with van der Waals surface area (Å²) in [4.78, 5) is 30.9. The summed E-state index contributed by atoms with van der Waals surface area (Å²) >= 11 is 0. The van der Waals surface area contributed by atoms with E-state index >= 15 is 0 Å². The van der Waals surface area contributed by atoms with Crippen LogP contribution in [0.2, 0.25) is 0 Å². The number of carbonyl (C=O) groups excluding carboxylic acids is 2. The third-order valence-corrected chi connectivity index (χ3v) is 4.72. The molecule has 1 aliphatic rings. The summed E-state index contributed by atoms with van der Waals surface area (Å²) in [6, 6.07) is 3.73. The molecule has 0 saturated carbocycles. The molecule has 132 valence electrons. The highest BCUT2D eigenvalue weighted by Crippen LogP contribution is 2.31. The van der Waals surface area contributed by atoms with Gasteiger partial charge in [0.1, 0.15) is 0 Å². The second-order valence-electron chi connectivity index (χ2n) is 6.25. The second kappa shape index (κ2) is 7.04. The minimum atomic E-state index is -0.609. The summed E-state index contributed by atoms with van der Waals surface area (Å²) in [7, 11) is 0. The smallest absolute Gasteiger partial charge is 0.314 e. The Bertz CT molecular complexity index is 784. The fourth-order valence-corrected chi connectivity index (χ4v) is 3.43. The van der Waals surface area contributed by atoms with E-state index in [0.717, 1.165) is 24.1 Å². The van der Waals surface area contributed by atoms with E-state index in [1.807, 2.05) is 37.6 Å². The number of aryl methyl sites for hydroxylation is 2. The Morgan fingerprint density at radius 2 is 2.00 bits per heavy atom. The molecule has 1 aliphatic heterocycles. The van der Waals surface area contributed by atoms with Gasteiger partial charge in [0.2, 0.25) is 0 Å². The first-order valence-corrected chi connectivity index (χ1v) is 8.58. The van der Waals surface area contributed by atoms with E-state index < -0.39 is 11.8 Å². The molecule has 0 aliphatic carbocycles. The van der Waals surface area contributed by atoms with Gasteiger partial charge in [-0.2, -0.15) is 5.10 Å². The zero-order valence-electron chi connectivity index (χ0n) is 14.8. The number of rotatable bonds is 3. The lowest BCUT2D eigenvalue weighted by Gasteiger charge is -2.24. The Labute approximate surface area is 147 Å².